The molecule has 0 spiro atoms. The van der Waals surface area contributed by atoms with Gasteiger partial charge in [-0.1, -0.05) is 48.5 Å². The molecule has 1 aliphatic carbocycles. The molecule has 4 nitrogen and oxygen atoms in total. The molecule has 1 heterocycles. The van der Waals surface area contributed by atoms with Gasteiger partial charge in [0, 0.05) is 25.0 Å². The number of hydrogen-bond donors (Lipinski definition) is 1. The number of hydrogen-bond acceptors (Lipinski definition) is 3. The number of carbonyl (C=O) groups is 1. The first-order valence-corrected chi connectivity index (χ1v) is 9.05. The van der Waals surface area contributed by atoms with E-state index in [1.165, 1.54) is 22.3 Å². The highest BCUT2D eigenvalue weighted by atomic mass is 16.6. The van der Waals surface area contributed by atoms with Crippen LogP contribution in [0.25, 0.3) is 11.1 Å². The van der Waals surface area contributed by atoms with Crippen molar-refractivity contribution in [3.05, 3.63) is 59.7 Å². The van der Waals surface area contributed by atoms with Crippen LogP contribution in [-0.2, 0) is 4.74 Å². The largest absolute Gasteiger partial charge is 0.448 e. The lowest BCUT2D eigenvalue weighted by atomic mass is 9.98. The molecule has 1 fully saturated rings. The van der Waals surface area contributed by atoms with Crippen molar-refractivity contribution in [1.29, 1.82) is 0 Å². The molecule has 2 aromatic carbocycles. The van der Waals surface area contributed by atoms with Gasteiger partial charge in [0.05, 0.1) is 0 Å². The average Bonchev–Trinajstić information content (AvgIpc) is 3.00. The minimum atomic E-state index is -0.184. The van der Waals surface area contributed by atoms with E-state index in [-0.39, 0.29) is 12.0 Å². The molecule has 0 atom stereocenters. The zero-order valence-corrected chi connectivity index (χ0v) is 14.6. The molecule has 25 heavy (non-hydrogen) atoms. The Labute approximate surface area is 148 Å². The Morgan fingerprint density at radius 1 is 1.04 bits per heavy atom. The normalized spacial score (nSPS) is 17.2. The Kier molecular flexibility index (Phi) is 4.45. The Balaban J connectivity index is 1.46. The van der Waals surface area contributed by atoms with Gasteiger partial charge in [-0.15, -0.1) is 0 Å². The number of ether oxygens (including phenoxy) is 1. The third-order valence-corrected chi connectivity index (χ3v) is 5.50. The number of fused-ring (bicyclic) bond motifs is 3. The summed E-state index contributed by atoms with van der Waals surface area (Å²) in [6.45, 7) is 1.93. The van der Waals surface area contributed by atoms with Crippen molar-refractivity contribution < 1.29 is 9.53 Å². The Bertz CT molecular complexity index is 720. The van der Waals surface area contributed by atoms with Crippen molar-refractivity contribution in [2.45, 2.75) is 24.8 Å². The number of amides is 1. The number of benzene rings is 2. The van der Waals surface area contributed by atoms with Gasteiger partial charge in [0.15, 0.2) is 0 Å². The fourth-order valence-electron chi connectivity index (χ4n) is 4.04. The van der Waals surface area contributed by atoms with Gasteiger partial charge in [-0.2, -0.15) is 0 Å². The first-order chi connectivity index (χ1) is 12.3. The van der Waals surface area contributed by atoms with Gasteiger partial charge in [0.25, 0.3) is 0 Å². The first kappa shape index (κ1) is 16.2. The number of nitrogens with one attached hydrogen (secondary N) is 1. The van der Waals surface area contributed by atoms with Crippen molar-refractivity contribution in [2.24, 2.45) is 0 Å². The molecule has 0 bridgehead atoms. The molecule has 0 radical (unpaired) electrons. The summed E-state index contributed by atoms with van der Waals surface area (Å²) < 4.78 is 5.71. The van der Waals surface area contributed by atoms with Crippen molar-refractivity contribution in [3.63, 3.8) is 0 Å². The zero-order chi connectivity index (χ0) is 17.2. The van der Waals surface area contributed by atoms with Crippen LogP contribution < -0.4 is 5.32 Å². The number of nitrogens with zero attached hydrogens (tertiary/aromatic N) is 1. The molecular weight excluding hydrogens is 312 g/mol. The van der Waals surface area contributed by atoms with Gasteiger partial charge < -0.3 is 15.0 Å². The summed E-state index contributed by atoms with van der Waals surface area (Å²) in [7, 11) is 1.98. The van der Waals surface area contributed by atoms with E-state index < -0.39 is 0 Å². The molecule has 1 N–H and O–H groups in total. The Morgan fingerprint density at radius 2 is 1.60 bits per heavy atom. The van der Waals surface area contributed by atoms with E-state index in [9.17, 15) is 4.79 Å². The third kappa shape index (κ3) is 3.02. The fraction of sp³-hybridized carbons (Fsp3) is 0.381. The lowest BCUT2D eigenvalue weighted by Crippen LogP contribution is -2.44. The smallest absolute Gasteiger partial charge is 0.409 e. The third-order valence-electron chi connectivity index (χ3n) is 5.50. The van der Waals surface area contributed by atoms with Crippen molar-refractivity contribution in [2.75, 3.05) is 26.7 Å². The summed E-state index contributed by atoms with van der Waals surface area (Å²) in [4.78, 5) is 14.3. The lowest BCUT2D eigenvalue weighted by Gasteiger charge is -2.31. The predicted molar refractivity (Wildman–Crippen MR) is 98.7 cm³/mol. The van der Waals surface area contributed by atoms with E-state index in [0.29, 0.717) is 12.6 Å². The molecule has 1 aliphatic heterocycles. The first-order valence-electron chi connectivity index (χ1n) is 9.05. The number of likely N-dealkylation sites (tertiary alicyclic amines) is 1. The van der Waals surface area contributed by atoms with Crippen molar-refractivity contribution in [1.82, 2.24) is 10.2 Å². The number of rotatable bonds is 3. The summed E-state index contributed by atoms with van der Waals surface area (Å²) in [5, 5.41) is 3.28. The second-order valence-electron chi connectivity index (χ2n) is 6.85. The predicted octanol–water partition coefficient (Wildman–Crippen LogP) is 3.62. The quantitative estimate of drug-likeness (QED) is 0.931. The van der Waals surface area contributed by atoms with E-state index in [4.69, 9.17) is 4.74 Å². The van der Waals surface area contributed by atoms with Crippen LogP contribution in [0, 0.1) is 0 Å². The van der Waals surface area contributed by atoms with E-state index in [1.807, 2.05) is 11.9 Å². The standard InChI is InChI=1S/C21H24N2O2/c1-22-15-10-12-23(13-11-15)21(24)25-14-20-18-8-4-2-6-16(18)17-7-3-5-9-19(17)20/h2-9,15,20,22H,10-14H2,1H3. The molecule has 130 valence electrons. The maximum atomic E-state index is 12.5. The van der Waals surface area contributed by atoms with Gasteiger partial charge in [-0.05, 0) is 42.1 Å². The van der Waals surface area contributed by atoms with Crippen LogP contribution >= 0.6 is 0 Å². The molecule has 0 saturated carbocycles. The maximum absolute atomic E-state index is 12.5. The molecule has 4 heteroatoms. The Morgan fingerprint density at radius 3 is 2.16 bits per heavy atom. The van der Waals surface area contributed by atoms with E-state index in [2.05, 4.69) is 53.8 Å². The molecule has 2 aromatic rings. The van der Waals surface area contributed by atoms with Gasteiger partial charge in [-0.25, -0.2) is 4.79 Å². The maximum Gasteiger partial charge on any atom is 0.409 e. The second kappa shape index (κ2) is 6.89. The summed E-state index contributed by atoms with van der Waals surface area (Å²) >= 11 is 0. The minimum absolute atomic E-state index is 0.131. The molecular formula is C21H24N2O2. The van der Waals surface area contributed by atoms with Crippen LogP contribution in [0.5, 0.6) is 0 Å². The van der Waals surface area contributed by atoms with Gasteiger partial charge in [0.1, 0.15) is 6.61 Å². The monoisotopic (exact) mass is 336 g/mol. The van der Waals surface area contributed by atoms with E-state index in [1.54, 1.807) is 0 Å². The SMILES string of the molecule is CNC1CCN(C(=O)OCC2c3ccccc3-c3ccccc32)CC1. The number of carbonyl (C=O) groups excluding carboxylic acids is 1. The highest BCUT2D eigenvalue weighted by Gasteiger charge is 2.30. The number of piperidine rings is 1. The molecule has 1 amide bonds. The van der Waals surface area contributed by atoms with Gasteiger partial charge >= 0.3 is 6.09 Å². The molecule has 2 aliphatic rings. The summed E-state index contributed by atoms with van der Waals surface area (Å²) in [6, 6.07) is 17.4. The van der Waals surface area contributed by atoms with Crippen LogP contribution in [0.15, 0.2) is 48.5 Å². The zero-order valence-electron chi connectivity index (χ0n) is 14.6. The highest BCUT2D eigenvalue weighted by Crippen LogP contribution is 2.44. The van der Waals surface area contributed by atoms with E-state index in [0.717, 1.165) is 25.9 Å². The second-order valence-corrected chi connectivity index (χ2v) is 6.85. The molecule has 1 saturated heterocycles. The topological polar surface area (TPSA) is 41.6 Å². The van der Waals surface area contributed by atoms with Gasteiger partial charge in [-0.3, -0.25) is 0 Å². The van der Waals surface area contributed by atoms with Crippen LogP contribution in [0.1, 0.15) is 29.9 Å². The summed E-state index contributed by atoms with van der Waals surface area (Å²) in [5.74, 6) is 0.131. The molecule has 0 unspecified atom stereocenters. The van der Waals surface area contributed by atoms with Crippen molar-refractivity contribution >= 4 is 6.09 Å². The summed E-state index contributed by atoms with van der Waals surface area (Å²) in [6.07, 6.45) is 1.79. The Hall–Kier alpha value is -2.33. The molecule has 4 rings (SSSR count). The summed E-state index contributed by atoms with van der Waals surface area (Å²) in [5.41, 5.74) is 5.03. The minimum Gasteiger partial charge on any atom is -0.448 e. The van der Waals surface area contributed by atoms with Crippen LogP contribution in [0.4, 0.5) is 4.79 Å². The van der Waals surface area contributed by atoms with Crippen LogP contribution in [0.2, 0.25) is 0 Å². The average molecular weight is 336 g/mol. The lowest BCUT2D eigenvalue weighted by molar-refractivity contribution is 0.0891. The van der Waals surface area contributed by atoms with E-state index >= 15 is 0 Å². The fourth-order valence-corrected chi connectivity index (χ4v) is 4.04. The van der Waals surface area contributed by atoms with Gasteiger partial charge in [0.2, 0.25) is 0 Å². The highest BCUT2D eigenvalue weighted by molar-refractivity contribution is 5.79. The van der Waals surface area contributed by atoms with Crippen LogP contribution in [0.3, 0.4) is 0 Å². The van der Waals surface area contributed by atoms with Crippen LogP contribution in [-0.4, -0.2) is 43.8 Å². The molecule has 0 aromatic heterocycles. The van der Waals surface area contributed by atoms with Crippen molar-refractivity contribution in [3.8, 4) is 11.1 Å².